The third kappa shape index (κ3) is 3.05. The van der Waals surface area contributed by atoms with E-state index in [1.54, 1.807) is 0 Å². The van der Waals surface area contributed by atoms with E-state index in [1.807, 2.05) is 0 Å². The lowest BCUT2D eigenvalue weighted by molar-refractivity contribution is 1.45. The highest BCUT2D eigenvalue weighted by Gasteiger charge is 2.20. The van der Waals surface area contributed by atoms with Gasteiger partial charge in [0.05, 0.1) is 22.1 Å². The summed E-state index contributed by atoms with van der Waals surface area (Å²) in [6, 6.07) is 52.8. The Hall–Kier alpha value is -6.12. The van der Waals surface area contributed by atoms with E-state index in [4.69, 9.17) is 9.97 Å². The first-order valence-corrected chi connectivity index (χ1v) is 15.8. The van der Waals surface area contributed by atoms with Crippen LogP contribution in [-0.4, -0.2) is 9.97 Å². The van der Waals surface area contributed by atoms with Gasteiger partial charge in [0.2, 0.25) is 0 Å². The second-order valence-electron chi connectivity index (χ2n) is 12.5. The molecule has 0 saturated heterocycles. The Balaban J connectivity index is 1.47. The van der Waals surface area contributed by atoms with Crippen molar-refractivity contribution in [1.82, 2.24) is 9.97 Å². The van der Waals surface area contributed by atoms with Crippen LogP contribution in [0, 0.1) is 0 Å². The third-order valence-corrected chi connectivity index (χ3v) is 10.1. The number of fused-ring (bicyclic) bond motifs is 20. The van der Waals surface area contributed by atoms with E-state index < -0.39 is 0 Å². The fourth-order valence-corrected chi connectivity index (χ4v) is 8.14. The number of hydrogen-bond donors (Lipinski definition) is 0. The highest BCUT2D eigenvalue weighted by atomic mass is 14.8. The van der Waals surface area contributed by atoms with Crippen LogP contribution in [0.1, 0.15) is 0 Å². The van der Waals surface area contributed by atoms with Crippen molar-refractivity contribution in [3.63, 3.8) is 0 Å². The van der Waals surface area contributed by atoms with E-state index in [0.29, 0.717) is 0 Å². The Morgan fingerprint density at radius 2 is 0.457 bits per heavy atom. The van der Waals surface area contributed by atoms with Gasteiger partial charge in [0.15, 0.2) is 0 Å². The number of benzene rings is 10. The van der Waals surface area contributed by atoms with Gasteiger partial charge in [0.1, 0.15) is 0 Å². The number of hydrogen-bond acceptors (Lipinski definition) is 2. The first kappa shape index (κ1) is 24.2. The molecule has 0 aliphatic heterocycles. The molecule has 0 saturated carbocycles. The maximum Gasteiger partial charge on any atom is 0.0980 e. The smallest absolute Gasteiger partial charge is 0.0980 e. The molecule has 46 heavy (non-hydrogen) atoms. The molecular formula is C44H24N2. The zero-order chi connectivity index (χ0) is 29.9. The van der Waals surface area contributed by atoms with Gasteiger partial charge < -0.3 is 0 Å². The Kier molecular flexibility index (Phi) is 4.61. The molecule has 2 heteroatoms. The van der Waals surface area contributed by atoms with Crippen LogP contribution in [0.3, 0.4) is 0 Å². The van der Waals surface area contributed by atoms with E-state index in [9.17, 15) is 0 Å². The van der Waals surface area contributed by atoms with Gasteiger partial charge in [-0.2, -0.15) is 0 Å². The van der Waals surface area contributed by atoms with Gasteiger partial charge in [-0.3, -0.25) is 0 Å². The average Bonchev–Trinajstić information content (AvgIpc) is 3.13. The molecule has 1 heterocycles. The molecule has 0 amide bonds. The van der Waals surface area contributed by atoms with Crippen molar-refractivity contribution in [2.24, 2.45) is 0 Å². The fourth-order valence-electron chi connectivity index (χ4n) is 8.14. The quantitative estimate of drug-likeness (QED) is 0.132. The monoisotopic (exact) mass is 580 g/mol. The molecule has 10 aromatic carbocycles. The molecule has 0 atom stereocenters. The summed E-state index contributed by atoms with van der Waals surface area (Å²) in [4.78, 5) is 11.3. The maximum atomic E-state index is 5.65. The Bertz CT molecular complexity index is 2710. The molecule has 0 aliphatic carbocycles. The predicted molar refractivity (Wildman–Crippen MR) is 197 cm³/mol. The average molecular weight is 581 g/mol. The van der Waals surface area contributed by atoms with Crippen LogP contribution < -0.4 is 0 Å². The number of aromatic nitrogens is 2. The van der Waals surface area contributed by atoms with Crippen LogP contribution in [0.15, 0.2) is 146 Å². The number of rotatable bonds is 0. The minimum absolute atomic E-state index is 0.950. The number of nitrogens with zero attached hydrogens (tertiary/aromatic N) is 2. The Labute approximate surface area is 263 Å². The maximum absolute atomic E-state index is 5.65. The molecule has 1 aromatic heterocycles. The van der Waals surface area contributed by atoms with Gasteiger partial charge in [-0.05, 0) is 43.1 Å². The third-order valence-electron chi connectivity index (χ3n) is 10.1. The summed E-state index contributed by atoms with van der Waals surface area (Å²) >= 11 is 0. The summed E-state index contributed by atoms with van der Waals surface area (Å²) in [5.74, 6) is 0. The van der Waals surface area contributed by atoms with Crippen molar-refractivity contribution >= 4 is 108 Å². The Morgan fingerprint density at radius 1 is 0.217 bits per heavy atom. The molecule has 11 rings (SSSR count). The molecule has 2 nitrogen and oxygen atoms in total. The fraction of sp³-hybridized carbons (Fsp3) is 0. The predicted octanol–water partition coefficient (Wildman–Crippen LogP) is 12.0. The summed E-state index contributed by atoms with van der Waals surface area (Å²) in [6.07, 6.45) is 0. The summed E-state index contributed by atoms with van der Waals surface area (Å²) in [6.45, 7) is 0. The molecule has 210 valence electrons. The molecule has 11 aromatic rings. The van der Waals surface area contributed by atoms with Gasteiger partial charge in [-0.15, -0.1) is 0 Å². The lowest BCUT2D eigenvalue weighted by Crippen LogP contribution is -1.95. The minimum atomic E-state index is 0.950. The van der Waals surface area contributed by atoms with Crippen LogP contribution in [0.4, 0.5) is 0 Å². The summed E-state index contributed by atoms with van der Waals surface area (Å²) in [5.41, 5.74) is 3.80. The first-order chi connectivity index (χ1) is 22.8. The second-order valence-corrected chi connectivity index (χ2v) is 12.5. The van der Waals surface area contributed by atoms with Gasteiger partial charge >= 0.3 is 0 Å². The van der Waals surface area contributed by atoms with Crippen molar-refractivity contribution < 1.29 is 0 Å². The van der Waals surface area contributed by atoms with Crippen molar-refractivity contribution in [1.29, 1.82) is 0 Å². The molecule has 0 fully saturated rings. The zero-order valence-electron chi connectivity index (χ0n) is 24.8. The zero-order valence-corrected chi connectivity index (χ0v) is 24.8. The van der Waals surface area contributed by atoms with Crippen molar-refractivity contribution in [3.8, 4) is 0 Å². The van der Waals surface area contributed by atoms with Crippen LogP contribution in [-0.2, 0) is 0 Å². The van der Waals surface area contributed by atoms with Crippen LogP contribution in [0.5, 0.6) is 0 Å². The van der Waals surface area contributed by atoms with Gasteiger partial charge in [0.25, 0.3) is 0 Å². The highest BCUT2D eigenvalue weighted by Crippen LogP contribution is 2.45. The molecule has 0 bridgehead atoms. The van der Waals surface area contributed by atoms with E-state index in [2.05, 4.69) is 146 Å². The topological polar surface area (TPSA) is 25.8 Å². The molecule has 0 N–H and O–H groups in total. The summed E-state index contributed by atoms with van der Waals surface area (Å²) < 4.78 is 0. The largest absolute Gasteiger partial charge is 0.243 e. The van der Waals surface area contributed by atoms with Crippen molar-refractivity contribution in [2.75, 3.05) is 0 Å². The van der Waals surface area contributed by atoms with E-state index in [1.165, 1.54) is 64.6 Å². The van der Waals surface area contributed by atoms with Gasteiger partial charge in [0, 0.05) is 43.1 Å². The normalized spacial score (nSPS) is 12.3. The van der Waals surface area contributed by atoms with Crippen LogP contribution >= 0.6 is 0 Å². The van der Waals surface area contributed by atoms with E-state index >= 15 is 0 Å². The Morgan fingerprint density at radius 3 is 0.717 bits per heavy atom. The van der Waals surface area contributed by atoms with Crippen molar-refractivity contribution in [2.45, 2.75) is 0 Å². The second kappa shape index (κ2) is 8.74. The summed E-state index contributed by atoms with van der Waals surface area (Å²) in [5, 5.41) is 19.4. The molecule has 0 spiro atoms. The molecular weight excluding hydrogens is 556 g/mol. The lowest BCUT2D eigenvalue weighted by atomic mass is 9.90. The summed E-state index contributed by atoms with van der Waals surface area (Å²) in [7, 11) is 0. The van der Waals surface area contributed by atoms with Crippen molar-refractivity contribution in [3.05, 3.63) is 146 Å². The molecule has 0 unspecified atom stereocenters. The lowest BCUT2D eigenvalue weighted by Gasteiger charge is -2.17. The standard InChI is InChI=1S/C44H24N2/c1-5-13-29-25(9-1)17-21-33-37(29)38-30-14-6-2-10-26(30)18-22-34(38)42-41(33)45-43-35-23-19-27-11-3-7-15-31(27)39(35)40-32-16-8-4-12-28(32)20-24-36(40)44(43)46-42/h1-24H. The van der Waals surface area contributed by atoms with Crippen LogP contribution in [0.25, 0.3) is 108 Å². The first-order valence-electron chi connectivity index (χ1n) is 15.8. The highest BCUT2D eigenvalue weighted by molar-refractivity contribution is 6.38. The van der Waals surface area contributed by atoms with Gasteiger partial charge in [-0.25, -0.2) is 9.97 Å². The minimum Gasteiger partial charge on any atom is -0.243 e. The van der Waals surface area contributed by atoms with Crippen LogP contribution in [0.2, 0.25) is 0 Å². The molecule has 0 radical (unpaired) electrons. The van der Waals surface area contributed by atoms with E-state index in [-0.39, 0.29) is 0 Å². The SMILES string of the molecule is c1ccc2c(c1)ccc1c3nc4c5ccc6ccccc6c5c5c6ccccc6ccc5c4nc3c3ccc4ccccc4c3c21. The molecule has 0 aliphatic rings. The van der Waals surface area contributed by atoms with Gasteiger partial charge in [-0.1, -0.05) is 146 Å². The van der Waals surface area contributed by atoms with E-state index in [0.717, 1.165) is 43.6 Å².